The van der Waals surface area contributed by atoms with Crippen LogP contribution in [0.5, 0.6) is 5.88 Å². The highest BCUT2D eigenvalue weighted by Gasteiger charge is 2.25. The van der Waals surface area contributed by atoms with Crippen LogP contribution in [0, 0.1) is 0 Å². The first-order chi connectivity index (χ1) is 10.4. The molecule has 0 saturated carbocycles. The molecular formula is C16H27N5O. The molecular weight excluding hydrogens is 278 g/mol. The topological polar surface area (TPSA) is 78.3 Å². The molecule has 0 fully saturated rings. The van der Waals surface area contributed by atoms with Crippen LogP contribution in [0.2, 0.25) is 0 Å². The summed E-state index contributed by atoms with van der Waals surface area (Å²) in [5, 5.41) is 12.8. The summed E-state index contributed by atoms with van der Waals surface area (Å²) in [7, 11) is 0. The zero-order valence-electron chi connectivity index (χ0n) is 14.4. The van der Waals surface area contributed by atoms with Crippen molar-refractivity contribution in [3.63, 3.8) is 0 Å². The van der Waals surface area contributed by atoms with Crippen molar-refractivity contribution in [3.05, 3.63) is 11.1 Å². The van der Waals surface area contributed by atoms with Gasteiger partial charge in [-0.1, -0.05) is 41.5 Å². The molecule has 2 N–H and O–H groups in total. The number of hydrogen-bond donors (Lipinski definition) is 1. The molecule has 2 aromatic rings. The lowest BCUT2D eigenvalue weighted by atomic mass is 9.92. The van der Waals surface area contributed by atoms with E-state index in [0.717, 1.165) is 29.6 Å². The third-order valence-corrected chi connectivity index (χ3v) is 3.96. The Bertz CT molecular complexity index is 644. The van der Waals surface area contributed by atoms with Crippen molar-refractivity contribution in [2.45, 2.75) is 72.3 Å². The zero-order chi connectivity index (χ0) is 16.4. The minimum atomic E-state index is 0.153. The highest BCUT2D eigenvalue weighted by molar-refractivity contribution is 5.58. The number of rotatable bonds is 6. The van der Waals surface area contributed by atoms with Crippen LogP contribution < -0.4 is 10.5 Å². The van der Waals surface area contributed by atoms with Crippen LogP contribution >= 0.6 is 0 Å². The van der Waals surface area contributed by atoms with Crippen molar-refractivity contribution in [1.82, 2.24) is 19.8 Å². The molecule has 0 atom stereocenters. The van der Waals surface area contributed by atoms with Gasteiger partial charge in [0, 0.05) is 11.1 Å². The van der Waals surface area contributed by atoms with Gasteiger partial charge in [0.2, 0.25) is 11.8 Å². The smallest absolute Gasteiger partial charge is 0.243 e. The van der Waals surface area contributed by atoms with Crippen molar-refractivity contribution in [1.29, 1.82) is 0 Å². The Hall–Kier alpha value is -1.85. The van der Waals surface area contributed by atoms with Crippen LogP contribution in [0.15, 0.2) is 0 Å². The fraction of sp³-hybridized carbons (Fsp3) is 0.688. The second-order valence-electron chi connectivity index (χ2n) is 6.29. The average molecular weight is 305 g/mol. The van der Waals surface area contributed by atoms with Gasteiger partial charge in [-0.05, 0) is 24.7 Å². The van der Waals surface area contributed by atoms with Crippen molar-refractivity contribution in [3.8, 4) is 5.88 Å². The summed E-state index contributed by atoms with van der Waals surface area (Å²) in [6.45, 7) is 12.8. The molecule has 0 spiro atoms. The third kappa shape index (κ3) is 2.87. The molecule has 0 aliphatic heterocycles. The minimum absolute atomic E-state index is 0.153. The summed E-state index contributed by atoms with van der Waals surface area (Å²) < 4.78 is 7.78. The van der Waals surface area contributed by atoms with Gasteiger partial charge in [-0.2, -0.15) is 4.52 Å². The lowest BCUT2D eigenvalue weighted by Gasteiger charge is -2.23. The highest BCUT2D eigenvalue weighted by Crippen LogP contribution is 2.36. The van der Waals surface area contributed by atoms with E-state index in [4.69, 9.17) is 10.5 Å². The van der Waals surface area contributed by atoms with Gasteiger partial charge >= 0.3 is 0 Å². The maximum atomic E-state index is 6.19. The summed E-state index contributed by atoms with van der Waals surface area (Å²) in [5.41, 5.74) is 8.87. The Morgan fingerprint density at radius 3 is 2.09 bits per heavy atom. The molecule has 2 rings (SSSR count). The predicted molar refractivity (Wildman–Crippen MR) is 88.4 cm³/mol. The molecule has 0 aliphatic carbocycles. The van der Waals surface area contributed by atoms with E-state index in [0.29, 0.717) is 11.8 Å². The summed E-state index contributed by atoms with van der Waals surface area (Å²) in [6.07, 6.45) is 2.05. The lowest BCUT2D eigenvalue weighted by Crippen LogP contribution is -2.19. The van der Waals surface area contributed by atoms with Crippen molar-refractivity contribution < 1.29 is 4.74 Å². The Kier molecular flexibility index (Phi) is 4.88. The van der Waals surface area contributed by atoms with Gasteiger partial charge in [0.05, 0.1) is 6.10 Å². The second-order valence-corrected chi connectivity index (χ2v) is 6.29. The molecule has 122 valence electrons. The highest BCUT2D eigenvalue weighted by atomic mass is 16.5. The largest absolute Gasteiger partial charge is 0.473 e. The number of fused-ring (bicyclic) bond motifs is 1. The summed E-state index contributed by atoms with van der Waals surface area (Å²) >= 11 is 0. The number of nitrogens with zero attached hydrogens (tertiary/aromatic N) is 4. The average Bonchev–Trinajstić information content (AvgIpc) is 2.84. The number of anilines is 1. The number of aromatic nitrogens is 4. The van der Waals surface area contributed by atoms with E-state index >= 15 is 0 Å². The molecule has 2 heterocycles. The molecule has 0 saturated heterocycles. The van der Waals surface area contributed by atoms with Gasteiger partial charge in [-0.15, -0.1) is 15.3 Å². The Labute approximate surface area is 132 Å². The molecule has 6 nitrogen and oxygen atoms in total. The zero-order valence-corrected chi connectivity index (χ0v) is 14.4. The Morgan fingerprint density at radius 2 is 1.59 bits per heavy atom. The fourth-order valence-corrected chi connectivity index (χ4v) is 2.77. The van der Waals surface area contributed by atoms with Gasteiger partial charge < -0.3 is 10.5 Å². The second kappa shape index (κ2) is 6.50. The molecule has 0 radical (unpaired) electrons. The molecule has 0 bridgehead atoms. The fourth-order valence-electron chi connectivity index (χ4n) is 2.77. The normalized spacial score (nSPS) is 12.0. The van der Waals surface area contributed by atoms with Crippen molar-refractivity contribution in [2.75, 3.05) is 5.73 Å². The Balaban J connectivity index is 2.72. The molecule has 6 heteroatoms. The lowest BCUT2D eigenvalue weighted by molar-refractivity contribution is 0.179. The Morgan fingerprint density at radius 1 is 1.00 bits per heavy atom. The number of nitrogen functional groups attached to an aromatic ring is 1. The predicted octanol–water partition coefficient (Wildman–Crippen LogP) is 3.52. The van der Waals surface area contributed by atoms with Gasteiger partial charge in [0.25, 0.3) is 0 Å². The summed E-state index contributed by atoms with van der Waals surface area (Å²) in [4.78, 5) is 0. The quantitative estimate of drug-likeness (QED) is 0.883. The van der Waals surface area contributed by atoms with E-state index in [1.807, 2.05) is 0 Å². The molecule has 0 amide bonds. The van der Waals surface area contributed by atoms with Crippen LogP contribution in [-0.4, -0.2) is 25.9 Å². The van der Waals surface area contributed by atoms with Crippen LogP contribution in [0.1, 0.15) is 77.3 Å². The molecule has 0 aromatic carbocycles. The first-order valence-corrected chi connectivity index (χ1v) is 8.11. The van der Waals surface area contributed by atoms with E-state index in [-0.39, 0.29) is 17.9 Å². The SMILES string of the molecule is CCC(CC)Oc1nn2c(N)nnc2c(C(C)C)c1C(C)C. The number of ether oxygens (including phenoxy) is 1. The van der Waals surface area contributed by atoms with E-state index < -0.39 is 0 Å². The standard InChI is InChI=1S/C16H27N5O/c1-7-11(8-2)22-15-13(10(5)6)12(9(3)4)14-18-19-16(17)21(14)20-15/h9-11H,7-8H2,1-6H3,(H2,17,19). The first kappa shape index (κ1) is 16.5. The molecule has 0 unspecified atom stereocenters. The van der Waals surface area contributed by atoms with E-state index in [1.165, 1.54) is 0 Å². The van der Waals surface area contributed by atoms with Crippen molar-refractivity contribution in [2.24, 2.45) is 0 Å². The van der Waals surface area contributed by atoms with Crippen LogP contribution in [0.3, 0.4) is 0 Å². The van der Waals surface area contributed by atoms with Crippen LogP contribution in [-0.2, 0) is 0 Å². The number of nitrogens with two attached hydrogens (primary N) is 1. The molecule has 22 heavy (non-hydrogen) atoms. The maximum absolute atomic E-state index is 6.19. The van der Waals surface area contributed by atoms with Crippen LogP contribution in [0.4, 0.5) is 5.95 Å². The van der Waals surface area contributed by atoms with Crippen LogP contribution in [0.25, 0.3) is 5.65 Å². The van der Waals surface area contributed by atoms with Gasteiger partial charge in [0.1, 0.15) is 0 Å². The third-order valence-electron chi connectivity index (χ3n) is 3.96. The molecule has 0 aliphatic rings. The van der Waals surface area contributed by atoms with E-state index in [9.17, 15) is 0 Å². The van der Waals surface area contributed by atoms with Gasteiger partial charge in [-0.3, -0.25) is 0 Å². The summed E-state index contributed by atoms with van der Waals surface area (Å²) in [6, 6.07) is 0. The van der Waals surface area contributed by atoms with E-state index in [2.05, 4.69) is 56.8 Å². The first-order valence-electron chi connectivity index (χ1n) is 8.11. The molecule has 2 aromatic heterocycles. The van der Waals surface area contributed by atoms with Gasteiger partial charge in [0.15, 0.2) is 5.65 Å². The monoisotopic (exact) mass is 305 g/mol. The summed E-state index contributed by atoms with van der Waals surface area (Å²) in [5.74, 6) is 1.53. The van der Waals surface area contributed by atoms with Crippen molar-refractivity contribution >= 4 is 11.6 Å². The maximum Gasteiger partial charge on any atom is 0.243 e. The minimum Gasteiger partial charge on any atom is -0.473 e. The van der Waals surface area contributed by atoms with E-state index in [1.54, 1.807) is 4.52 Å². The van der Waals surface area contributed by atoms with Gasteiger partial charge in [-0.25, -0.2) is 0 Å². The number of hydrogen-bond acceptors (Lipinski definition) is 5.